The van der Waals surface area contributed by atoms with E-state index >= 15 is 0 Å². The lowest BCUT2D eigenvalue weighted by Crippen LogP contribution is -2.30. The minimum absolute atomic E-state index is 0.288. The zero-order valence-corrected chi connectivity index (χ0v) is 11.9. The van der Waals surface area contributed by atoms with Crippen molar-refractivity contribution in [3.63, 3.8) is 0 Å². The molecule has 0 fully saturated rings. The van der Waals surface area contributed by atoms with Crippen LogP contribution in [0.1, 0.15) is 21.9 Å². The van der Waals surface area contributed by atoms with Crippen LogP contribution in [-0.4, -0.2) is 20.4 Å². The van der Waals surface area contributed by atoms with Crippen LogP contribution in [0.25, 0.3) is 15.3 Å². The maximum atomic E-state index is 11.5. The molecule has 0 saturated carbocycles. The van der Waals surface area contributed by atoms with Gasteiger partial charge in [0, 0.05) is 11.4 Å². The first-order valence-electron chi connectivity index (χ1n) is 6.03. The van der Waals surface area contributed by atoms with E-state index < -0.39 is 5.91 Å². The number of nitrogen functional groups attached to an aromatic ring is 1. The summed E-state index contributed by atoms with van der Waals surface area (Å²) >= 11 is 1.52. The van der Waals surface area contributed by atoms with Gasteiger partial charge in [-0.3, -0.25) is 14.8 Å². The first kappa shape index (κ1) is 12.8. The fourth-order valence-corrected chi connectivity index (χ4v) is 3.18. The van der Waals surface area contributed by atoms with Crippen LogP contribution in [0, 0.1) is 13.8 Å². The molecule has 0 aliphatic rings. The third-order valence-electron chi connectivity index (χ3n) is 3.09. The fourth-order valence-electron chi connectivity index (χ4n) is 2.08. The summed E-state index contributed by atoms with van der Waals surface area (Å²) in [6.45, 7) is 4.06. The predicted octanol–water partition coefficient (Wildman–Crippen LogP) is 1.70. The summed E-state index contributed by atoms with van der Waals surface area (Å²) in [4.78, 5) is 20.1. The molecule has 20 heavy (non-hydrogen) atoms. The summed E-state index contributed by atoms with van der Waals surface area (Å²) < 4.78 is 2.98. The first-order chi connectivity index (χ1) is 9.60. The lowest BCUT2D eigenvalue weighted by molar-refractivity contribution is 0.0949. The molecule has 6 nitrogen and oxygen atoms in total. The number of fused-ring (bicyclic) bond motifs is 1. The molecule has 0 bridgehead atoms. The number of thiazole rings is 1. The molecule has 0 radical (unpaired) electrons. The number of pyridine rings is 1. The van der Waals surface area contributed by atoms with Crippen molar-refractivity contribution in [1.82, 2.24) is 20.0 Å². The lowest BCUT2D eigenvalue weighted by atomic mass is 10.3. The van der Waals surface area contributed by atoms with Gasteiger partial charge in [-0.1, -0.05) is 11.3 Å². The molecule has 3 heterocycles. The molecule has 0 aromatic carbocycles. The van der Waals surface area contributed by atoms with Crippen LogP contribution in [0.4, 0.5) is 0 Å². The van der Waals surface area contributed by atoms with Gasteiger partial charge in [-0.05, 0) is 32.0 Å². The number of aryl methyl sites for hydroxylation is 2. The van der Waals surface area contributed by atoms with Gasteiger partial charge < -0.3 is 0 Å². The smallest absolute Gasteiger partial charge is 0.283 e. The van der Waals surface area contributed by atoms with Crippen LogP contribution in [0.5, 0.6) is 0 Å². The van der Waals surface area contributed by atoms with Crippen molar-refractivity contribution in [3.8, 4) is 5.13 Å². The van der Waals surface area contributed by atoms with E-state index in [0.29, 0.717) is 0 Å². The average Bonchev–Trinajstić information content (AvgIpc) is 3.00. The number of aromatic nitrogens is 3. The van der Waals surface area contributed by atoms with Crippen LogP contribution < -0.4 is 11.3 Å². The summed E-state index contributed by atoms with van der Waals surface area (Å²) in [6.07, 6.45) is 1.59. The third kappa shape index (κ3) is 1.97. The van der Waals surface area contributed by atoms with Gasteiger partial charge in [0.25, 0.3) is 5.91 Å². The summed E-state index contributed by atoms with van der Waals surface area (Å²) in [6, 6.07) is 5.80. The zero-order chi connectivity index (χ0) is 14.3. The molecular weight excluding hydrogens is 274 g/mol. The summed E-state index contributed by atoms with van der Waals surface area (Å²) in [5.41, 5.74) is 5.37. The Bertz CT molecular complexity index is 785. The Hall–Kier alpha value is -2.25. The third-order valence-corrected chi connectivity index (χ3v) is 4.09. The van der Waals surface area contributed by atoms with Crippen molar-refractivity contribution >= 4 is 27.5 Å². The Balaban J connectivity index is 2.14. The normalized spacial score (nSPS) is 10.9. The summed E-state index contributed by atoms with van der Waals surface area (Å²) in [7, 11) is 0. The first-order valence-corrected chi connectivity index (χ1v) is 6.84. The van der Waals surface area contributed by atoms with Crippen LogP contribution >= 0.6 is 11.3 Å². The van der Waals surface area contributed by atoms with E-state index in [9.17, 15) is 4.79 Å². The van der Waals surface area contributed by atoms with Crippen molar-refractivity contribution in [2.75, 3.05) is 0 Å². The fraction of sp³-hybridized carbons (Fsp3) is 0.154. The number of rotatable bonds is 2. The monoisotopic (exact) mass is 287 g/mol. The van der Waals surface area contributed by atoms with Gasteiger partial charge >= 0.3 is 0 Å². The van der Waals surface area contributed by atoms with Crippen LogP contribution in [0.15, 0.2) is 24.4 Å². The van der Waals surface area contributed by atoms with Crippen LogP contribution in [0.2, 0.25) is 0 Å². The molecule has 102 valence electrons. The molecule has 3 rings (SSSR count). The van der Waals surface area contributed by atoms with E-state index in [1.165, 1.54) is 11.3 Å². The highest BCUT2D eigenvalue weighted by Gasteiger charge is 2.12. The van der Waals surface area contributed by atoms with E-state index in [1.807, 2.05) is 26.0 Å². The number of nitrogens with zero attached hydrogens (tertiary/aromatic N) is 3. The molecule has 3 N–H and O–H groups in total. The molecule has 0 atom stereocenters. The highest BCUT2D eigenvalue weighted by Crippen LogP contribution is 2.27. The number of nitrogens with two attached hydrogens (primary N) is 1. The van der Waals surface area contributed by atoms with Gasteiger partial charge in [0.05, 0.1) is 10.9 Å². The second-order valence-electron chi connectivity index (χ2n) is 4.46. The van der Waals surface area contributed by atoms with E-state index in [0.717, 1.165) is 26.7 Å². The van der Waals surface area contributed by atoms with E-state index in [2.05, 4.69) is 20.0 Å². The molecule has 3 aromatic heterocycles. The highest BCUT2D eigenvalue weighted by molar-refractivity contribution is 7.20. The van der Waals surface area contributed by atoms with E-state index in [4.69, 9.17) is 5.84 Å². The van der Waals surface area contributed by atoms with Crippen molar-refractivity contribution in [1.29, 1.82) is 0 Å². The minimum Gasteiger partial charge on any atom is -0.295 e. The van der Waals surface area contributed by atoms with Crippen molar-refractivity contribution in [2.24, 2.45) is 5.84 Å². The molecule has 0 aliphatic heterocycles. The Morgan fingerprint density at radius 3 is 2.70 bits per heavy atom. The topological polar surface area (TPSA) is 85.8 Å². The second kappa shape index (κ2) is 4.69. The Morgan fingerprint density at radius 2 is 2.05 bits per heavy atom. The lowest BCUT2D eigenvalue weighted by Gasteiger charge is -2.03. The van der Waals surface area contributed by atoms with Crippen LogP contribution in [-0.2, 0) is 0 Å². The summed E-state index contributed by atoms with van der Waals surface area (Å²) in [5.74, 6) is 4.71. The van der Waals surface area contributed by atoms with Gasteiger partial charge in [-0.15, -0.1) is 0 Å². The minimum atomic E-state index is -0.407. The average molecular weight is 287 g/mol. The predicted molar refractivity (Wildman–Crippen MR) is 77.9 cm³/mol. The number of hydrogen-bond donors (Lipinski definition) is 2. The highest BCUT2D eigenvalue weighted by atomic mass is 32.1. The zero-order valence-electron chi connectivity index (χ0n) is 11.0. The Kier molecular flexibility index (Phi) is 3.00. The SMILES string of the molecule is Cc1ccc(C)n1-c1nc2cnc(C(=O)NN)cc2s1. The number of amides is 1. The molecule has 1 amide bonds. The molecule has 0 spiro atoms. The largest absolute Gasteiger partial charge is 0.295 e. The number of carbonyl (C=O) groups is 1. The van der Waals surface area contributed by atoms with Crippen LogP contribution in [0.3, 0.4) is 0 Å². The number of hydrazine groups is 1. The van der Waals surface area contributed by atoms with Gasteiger partial charge in [-0.25, -0.2) is 15.8 Å². The Morgan fingerprint density at radius 1 is 1.35 bits per heavy atom. The molecule has 0 unspecified atom stereocenters. The maximum absolute atomic E-state index is 11.5. The quantitative estimate of drug-likeness (QED) is 0.427. The molecule has 0 aliphatic carbocycles. The number of carbonyl (C=O) groups excluding carboxylic acids is 1. The van der Waals surface area contributed by atoms with Gasteiger partial charge in [-0.2, -0.15) is 0 Å². The van der Waals surface area contributed by atoms with E-state index in [-0.39, 0.29) is 5.69 Å². The number of nitrogens with one attached hydrogen (secondary N) is 1. The van der Waals surface area contributed by atoms with Crippen molar-refractivity contribution in [2.45, 2.75) is 13.8 Å². The molecule has 3 aromatic rings. The Labute approximate surface area is 119 Å². The van der Waals surface area contributed by atoms with Gasteiger partial charge in [0.15, 0.2) is 5.13 Å². The number of hydrogen-bond acceptors (Lipinski definition) is 5. The molecule has 7 heteroatoms. The van der Waals surface area contributed by atoms with E-state index in [1.54, 1.807) is 12.3 Å². The summed E-state index contributed by atoms with van der Waals surface area (Å²) in [5, 5.41) is 0.868. The molecule has 0 saturated heterocycles. The molecular formula is C13H13N5OS. The van der Waals surface area contributed by atoms with Crippen molar-refractivity contribution < 1.29 is 4.79 Å². The van der Waals surface area contributed by atoms with Crippen molar-refractivity contribution in [3.05, 3.63) is 41.5 Å². The maximum Gasteiger partial charge on any atom is 0.283 e. The van der Waals surface area contributed by atoms with Gasteiger partial charge in [0.2, 0.25) is 0 Å². The van der Waals surface area contributed by atoms with Gasteiger partial charge in [0.1, 0.15) is 11.2 Å². The second-order valence-corrected chi connectivity index (χ2v) is 5.47. The standard InChI is InChI=1S/C13H13N5OS/c1-7-3-4-8(2)18(7)13-16-10-6-15-9(12(19)17-14)5-11(10)20-13/h3-6H,14H2,1-2H3,(H,17,19).